The van der Waals surface area contributed by atoms with Gasteiger partial charge in [-0.25, -0.2) is 4.39 Å². The first kappa shape index (κ1) is 13.7. The summed E-state index contributed by atoms with van der Waals surface area (Å²) in [6.07, 6.45) is 1.71. The lowest BCUT2D eigenvalue weighted by atomic mass is 10.1. The zero-order valence-corrected chi connectivity index (χ0v) is 12.4. The fourth-order valence-corrected chi connectivity index (χ4v) is 2.48. The van der Waals surface area contributed by atoms with Crippen molar-refractivity contribution in [2.45, 2.75) is 0 Å². The Morgan fingerprint density at radius 3 is 2.86 bits per heavy atom. The molecule has 0 saturated heterocycles. The molecule has 21 heavy (non-hydrogen) atoms. The maximum absolute atomic E-state index is 13.5. The van der Waals surface area contributed by atoms with Crippen molar-refractivity contribution in [3.8, 4) is 0 Å². The number of aromatic nitrogens is 1. The van der Waals surface area contributed by atoms with E-state index >= 15 is 0 Å². The Balaban J connectivity index is 1.91. The second kappa shape index (κ2) is 5.61. The number of amides is 1. The van der Waals surface area contributed by atoms with Crippen molar-refractivity contribution in [2.75, 3.05) is 5.32 Å². The van der Waals surface area contributed by atoms with Crippen LogP contribution in [-0.4, -0.2) is 10.9 Å². The smallest absolute Gasteiger partial charge is 0.256 e. The molecule has 0 fully saturated rings. The van der Waals surface area contributed by atoms with Gasteiger partial charge in [0.05, 0.1) is 15.6 Å². The van der Waals surface area contributed by atoms with Crippen molar-refractivity contribution in [1.82, 2.24) is 4.98 Å². The molecule has 0 bridgehead atoms. The maximum Gasteiger partial charge on any atom is 0.256 e. The van der Waals surface area contributed by atoms with Gasteiger partial charge in [-0.3, -0.25) is 9.78 Å². The maximum atomic E-state index is 13.5. The van der Waals surface area contributed by atoms with Gasteiger partial charge in [0, 0.05) is 17.3 Å². The van der Waals surface area contributed by atoms with Crippen molar-refractivity contribution < 1.29 is 9.18 Å². The molecule has 0 aliphatic rings. The summed E-state index contributed by atoms with van der Waals surface area (Å²) in [4.78, 5) is 16.4. The van der Waals surface area contributed by atoms with Crippen molar-refractivity contribution in [3.05, 3.63) is 70.6 Å². The van der Waals surface area contributed by atoms with Crippen LogP contribution in [0.5, 0.6) is 0 Å². The topological polar surface area (TPSA) is 42.0 Å². The molecule has 3 rings (SSSR count). The van der Waals surface area contributed by atoms with E-state index < -0.39 is 5.82 Å². The summed E-state index contributed by atoms with van der Waals surface area (Å²) in [5, 5.41) is 3.68. The highest BCUT2D eigenvalue weighted by Crippen LogP contribution is 2.22. The molecule has 104 valence electrons. The Hall–Kier alpha value is -2.27. The number of hydrogen-bond acceptors (Lipinski definition) is 2. The summed E-state index contributed by atoms with van der Waals surface area (Å²) < 4.78 is 13.6. The lowest BCUT2D eigenvalue weighted by Gasteiger charge is -2.08. The van der Waals surface area contributed by atoms with Gasteiger partial charge in [0.1, 0.15) is 5.82 Å². The van der Waals surface area contributed by atoms with Crippen molar-refractivity contribution in [1.29, 1.82) is 0 Å². The van der Waals surface area contributed by atoms with Crippen LogP contribution >= 0.6 is 15.9 Å². The number of halogens is 2. The van der Waals surface area contributed by atoms with Crippen molar-refractivity contribution >= 4 is 38.4 Å². The Labute approximate surface area is 128 Å². The molecule has 0 saturated carbocycles. The molecule has 1 amide bonds. The molecule has 5 heteroatoms. The van der Waals surface area contributed by atoms with E-state index in [0.717, 1.165) is 10.9 Å². The number of rotatable bonds is 2. The summed E-state index contributed by atoms with van der Waals surface area (Å²) in [5.41, 5.74) is 1.74. The number of nitrogens with zero attached hydrogens (tertiary/aromatic N) is 1. The van der Waals surface area contributed by atoms with Gasteiger partial charge < -0.3 is 5.32 Å². The molecule has 0 unspecified atom stereocenters. The normalized spacial score (nSPS) is 10.6. The highest BCUT2D eigenvalue weighted by Gasteiger charge is 2.13. The van der Waals surface area contributed by atoms with E-state index in [1.807, 2.05) is 24.3 Å². The minimum Gasteiger partial charge on any atom is -0.322 e. The molecule has 0 atom stereocenters. The second-order valence-electron chi connectivity index (χ2n) is 4.47. The standard InChI is InChI=1S/C16H10BrFN2O/c17-15-12(4-1-5-13(15)18)16(21)20-11-6-7-14-10(9-11)3-2-8-19-14/h1-9H,(H,20,21). The molecular formula is C16H10BrFN2O. The molecule has 0 aliphatic heterocycles. The average molecular weight is 345 g/mol. The van der Waals surface area contributed by atoms with Crippen LogP contribution in [0, 0.1) is 5.82 Å². The molecule has 2 aromatic carbocycles. The van der Waals surface area contributed by atoms with Crippen LogP contribution in [0.15, 0.2) is 59.2 Å². The van der Waals surface area contributed by atoms with E-state index in [4.69, 9.17) is 0 Å². The van der Waals surface area contributed by atoms with E-state index in [2.05, 4.69) is 26.2 Å². The zero-order valence-electron chi connectivity index (χ0n) is 10.8. The van der Waals surface area contributed by atoms with Gasteiger partial charge in [-0.05, 0) is 52.3 Å². The van der Waals surface area contributed by atoms with Crippen LogP contribution in [0.1, 0.15) is 10.4 Å². The van der Waals surface area contributed by atoms with Gasteiger partial charge >= 0.3 is 0 Å². The summed E-state index contributed by atoms with van der Waals surface area (Å²) in [6.45, 7) is 0. The van der Waals surface area contributed by atoms with Crippen molar-refractivity contribution in [2.24, 2.45) is 0 Å². The lowest BCUT2D eigenvalue weighted by molar-refractivity contribution is 0.102. The lowest BCUT2D eigenvalue weighted by Crippen LogP contribution is -2.13. The largest absolute Gasteiger partial charge is 0.322 e. The summed E-state index contributed by atoms with van der Waals surface area (Å²) >= 11 is 3.09. The third kappa shape index (κ3) is 2.78. The van der Waals surface area contributed by atoms with Crippen LogP contribution in [0.25, 0.3) is 10.9 Å². The molecular weight excluding hydrogens is 335 g/mol. The van der Waals surface area contributed by atoms with Gasteiger partial charge in [0.15, 0.2) is 0 Å². The van der Waals surface area contributed by atoms with Crippen LogP contribution in [0.4, 0.5) is 10.1 Å². The molecule has 1 heterocycles. The van der Waals surface area contributed by atoms with Gasteiger partial charge in [-0.1, -0.05) is 12.1 Å². The summed E-state index contributed by atoms with van der Waals surface area (Å²) in [5.74, 6) is -0.838. The minimum absolute atomic E-state index is 0.157. The Kier molecular flexibility index (Phi) is 3.66. The van der Waals surface area contributed by atoms with E-state index in [1.165, 1.54) is 12.1 Å². The zero-order chi connectivity index (χ0) is 14.8. The number of carbonyl (C=O) groups excluding carboxylic acids is 1. The quantitative estimate of drug-likeness (QED) is 0.749. The first-order valence-electron chi connectivity index (χ1n) is 6.25. The average Bonchev–Trinajstić information content (AvgIpc) is 2.50. The number of benzene rings is 2. The van der Waals surface area contributed by atoms with Gasteiger partial charge in [-0.2, -0.15) is 0 Å². The fourth-order valence-electron chi connectivity index (χ4n) is 2.03. The number of pyridine rings is 1. The Bertz CT molecular complexity index is 835. The molecule has 0 aliphatic carbocycles. The van der Waals surface area contributed by atoms with Crippen LogP contribution in [0.3, 0.4) is 0 Å². The second-order valence-corrected chi connectivity index (χ2v) is 5.26. The molecule has 3 nitrogen and oxygen atoms in total. The third-order valence-electron chi connectivity index (χ3n) is 3.06. The van der Waals surface area contributed by atoms with Gasteiger partial charge in [-0.15, -0.1) is 0 Å². The van der Waals surface area contributed by atoms with E-state index in [0.29, 0.717) is 5.69 Å². The van der Waals surface area contributed by atoms with Crippen LogP contribution in [0.2, 0.25) is 0 Å². The predicted octanol–water partition coefficient (Wildman–Crippen LogP) is 4.39. The highest BCUT2D eigenvalue weighted by atomic mass is 79.9. The summed E-state index contributed by atoms with van der Waals surface area (Å²) in [7, 11) is 0. The van der Waals surface area contributed by atoms with E-state index in [-0.39, 0.29) is 15.9 Å². The minimum atomic E-state index is -0.467. The predicted molar refractivity (Wildman–Crippen MR) is 83.8 cm³/mol. The number of hydrogen-bond donors (Lipinski definition) is 1. The van der Waals surface area contributed by atoms with Gasteiger partial charge in [0.25, 0.3) is 5.91 Å². The first-order chi connectivity index (χ1) is 10.1. The molecule has 0 radical (unpaired) electrons. The van der Waals surface area contributed by atoms with Crippen molar-refractivity contribution in [3.63, 3.8) is 0 Å². The number of nitrogens with one attached hydrogen (secondary N) is 1. The van der Waals surface area contributed by atoms with Gasteiger partial charge in [0.2, 0.25) is 0 Å². The monoisotopic (exact) mass is 344 g/mol. The van der Waals surface area contributed by atoms with E-state index in [9.17, 15) is 9.18 Å². The summed E-state index contributed by atoms with van der Waals surface area (Å²) in [6, 6.07) is 13.5. The third-order valence-corrected chi connectivity index (χ3v) is 3.86. The first-order valence-corrected chi connectivity index (χ1v) is 7.04. The van der Waals surface area contributed by atoms with Crippen LogP contribution < -0.4 is 5.32 Å². The number of carbonyl (C=O) groups is 1. The number of anilines is 1. The van der Waals surface area contributed by atoms with E-state index in [1.54, 1.807) is 18.3 Å². The van der Waals surface area contributed by atoms with Crippen LogP contribution in [-0.2, 0) is 0 Å². The molecule has 1 N–H and O–H groups in total. The molecule has 3 aromatic rings. The molecule has 0 spiro atoms. The Morgan fingerprint density at radius 1 is 1.14 bits per heavy atom. The number of fused-ring (bicyclic) bond motifs is 1. The Morgan fingerprint density at radius 2 is 2.00 bits per heavy atom. The fraction of sp³-hybridized carbons (Fsp3) is 0. The highest BCUT2D eigenvalue weighted by molar-refractivity contribution is 9.10. The molecule has 1 aromatic heterocycles. The SMILES string of the molecule is O=C(Nc1ccc2ncccc2c1)c1cccc(F)c1Br.